The summed E-state index contributed by atoms with van der Waals surface area (Å²) in [6, 6.07) is -1.02. The lowest BCUT2D eigenvalue weighted by Crippen LogP contribution is -2.59. The molecule has 0 aromatic heterocycles. The third-order valence-electron chi connectivity index (χ3n) is 3.50. The van der Waals surface area contributed by atoms with Gasteiger partial charge in [0.25, 0.3) is 0 Å². The highest BCUT2D eigenvalue weighted by Gasteiger charge is 2.62. The van der Waals surface area contributed by atoms with Gasteiger partial charge in [0.05, 0.1) is 18.6 Å². The van der Waals surface area contributed by atoms with Crippen LogP contribution in [0.1, 0.15) is 12.8 Å². The quantitative estimate of drug-likeness (QED) is 0.319. The van der Waals surface area contributed by atoms with Gasteiger partial charge in [-0.25, -0.2) is 8.42 Å². The monoisotopic (exact) mass is 259 g/mol. The van der Waals surface area contributed by atoms with Crippen LogP contribution in [-0.4, -0.2) is 39.0 Å². The van der Waals surface area contributed by atoms with E-state index >= 15 is 0 Å². The van der Waals surface area contributed by atoms with E-state index in [1.807, 2.05) is 0 Å². The molecule has 17 heavy (non-hydrogen) atoms. The molecule has 0 unspecified atom stereocenters. The van der Waals surface area contributed by atoms with E-state index in [-0.39, 0.29) is 17.4 Å². The Morgan fingerprint density at radius 2 is 2.12 bits per heavy atom. The number of carbonyl (C=O) groups is 1. The first kappa shape index (κ1) is 12.2. The average molecular weight is 259 g/mol. The Hall–Kier alpha value is -1.27. The number of esters is 1. The van der Waals surface area contributed by atoms with E-state index in [1.165, 1.54) is 7.11 Å². The highest BCUT2D eigenvalue weighted by molar-refractivity contribution is 7.92. The molecule has 1 saturated heterocycles. The van der Waals surface area contributed by atoms with Crippen molar-refractivity contribution in [3.63, 3.8) is 0 Å². The molecule has 0 bridgehead atoms. The number of hydrogen-bond acceptors (Lipinski definition) is 5. The van der Waals surface area contributed by atoms with Crippen molar-refractivity contribution in [1.82, 2.24) is 0 Å². The summed E-state index contributed by atoms with van der Waals surface area (Å²) < 4.78 is 27.3. The molecule has 8 heteroatoms. The third kappa shape index (κ3) is 1.98. The zero-order valence-corrected chi connectivity index (χ0v) is 10.2. The van der Waals surface area contributed by atoms with Crippen LogP contribution in [-0.2, 0) is 19.4 Å². The van der Waals surface area contributed by atoms with Gasteiger partial charge in [0.15, 0.2) is 9.84 Å². The second-order valence-electron chi connectivity index (χ2n) is 4.67. The Bertz CT molecular complexity index is 478. The maximum Gasteiger partial charge on any atom is 0.315 e. The SMILES string of the molecule is COC(=O)[C@@H](N=[N+]=[N-])C1(C2CC2)CS(=O)(=O)C1. The molecule has 1 heterocycles. The Kier molecular flexibility index (Phi) is 2.79. The lowest BCUT2D eigenvalue weighted by atomic mass is 9.78. The van der Waals surface area contributed by atoms with Gasteiger partial charge in [-0.05, 0) is 24.3 Å². The molecule has 0 radical (unpaired) electrons. The molecule has 0 aromatic rings. The molecule has 0 N–H and O–H groups in total. The number of ether oxygens (including phenoxy) is 1. The number of hydrogen-bond donors (Lipinski definition) is 0. The number of nitrogens with zero attached hydrogens (tertiary/aromatic N) is 3. The van der Waals surface area contributed by atoms with Crippen molar-refractivity contribution in [2.24, 2.45) is 16.4 Å². The molecule has 94 valence electrons. The van der Waals surface area contributed by atoms with Crippen LogP contribution in [0, 0.1) is 11.3 Å². The van der Waals surface area contributed by atoms with E-state index in [2.05, 4.69) is 14.8 Å². The Morgan fingerprint density at radius 3 is 2.47 bits per heavy atom. The molecular formula is C9H13N3O4S. The minimum Gasteiger partial charge on any atom is -0.469 e. The molecule has 0 aromatic carbocycles. The van der Waals surface area contributed by atoms with Crippen molar-refractivity contribution >= 4 is 15.8 Å². The third-order valence-corrected chi connectivity index (χ3v) is 5.46. The standard InChI is InChI=1S/C9H13N3O4S/c1-16-8(13)7(11-12-10)9(6-2-3-6)4-17(14,15)5-9/h6-7H,2-5H2,1H3/t7-/m1/s1. The summed E-state index contributed by atoms with van der Waals surface area (Å²) in [4.78, 5) is 14.2. The van der Waals surface area contributed by atoms with Gasteiger partial charge >= 0.3 is 5.97 Å². The highest BCUT2D eigenvalue weighted by Crippen LogP contribution is 2.55. The summed E-state index contributed by atoms with van der Waals surface area (Å²) in [6.45, 7) is 0. The number of sulfone groups is 1. The molecule has 0 spiro atoms. The summed E-state index contributed by atoms with van der Waals surface area (Å²) >= 11 is 0. The van der Waals surface area contributed by atoms with Gasteiger partial charge in [-0.15, -0.1) is 0 Å². The van der Waals surface area contributed by atoms with Crippen molar-refractivity contribution in [1.29, 1.82) is 0 Å². The Morgan fingerprint density at radius 1 is 1.53 bits per heavy atom. The number of azide groups is 1. The average Bonchev–Trinajstić information content (AvgIpc) is 3.04. The van der Waals surface area contributed by atoms with Crippen molar-refractivity contribution in [3.05, 3.63) is 10.4 Å². The van der Waals surface area contributed by atoms with Crippen molar-refractivity contribution in [2.75, 3.05) is 18.6 Å². The minimum atomic E-state index is -3.09. The van der Waals surface area contributed by atoms with Crippen LogP contribution in [0.3, 0.4) is 0 Å². The van der Waals surface area contributed by atoms with Crippen molar-refractivity contribution in [3.8, 4) is 0 Å². The lowest BCUT2D eigenvalue weighted by Gasteiger charge is -2.44. The van der Waals surface area contributed by atoms with Crippen molar-refractivity contribution in [2.45, 2.75) is 18.9 Å². The van der Waals surface area contributed by atoms with E-state index < -0.39 is 27.3 Å². The summed E-state index contributed by atoms with van der Waals surface area (Å²) in [5.41, 5.74) is 7.77. The molecule has 7 nitrogen and oxygen atoms in total. The predicted molar refractivity (Wildman–Crippen MR) is 58.8 cm³/mol. The summed E-state index contributed by atoms with van der Waals surface area (Å²) in [6.07, 6.45) is 1.76. The first-order valence-corrected chi connectivity index (χ1v) is 7.10. The Balaban J connectivity index is 2.32. The fraction of sp³-hybridized carbons (Fsp3) is 0.889. The van der Waals surface area contributed by atoms with Crippen LogP contribution in [0.15, 0.2) is 5.11 Å². The molecule has 1 atom stereocenters. The van der Waals surface area contributed by atoms with Crippen LogP contribution in [0.2, 0.25) is 0 Å². The molecule has 1 saturated carbocycles. The molecule has 0 amide bonds. The summed E-state index contributed by atoms with van der Waals surface area (Å²) in [5, 5.41) is 3.46. The minimum absolute atomic E-state index is 0.0799. The van der Waals surface area contributed by atoms with Gasteiger partial charge < -0.3 is 4.74 Å². The molecule has 2 rings (SSSR count). The van der Waals surface area contributed by atoms with Crippen LogP contribution in [0.25, 0.3) is 10.4 Å². The second kappa shape index (κ2) is 3.89. The number of methoxy groups -OCH3 is 1. The maximum absolute atomic E-state index is 11.6. The van der Waals surface area contributed by atoms with E-state index in [0.717, 1.165) is 12.8 Å². The maximum atomic E-state index is 11.6. The van der Waals surface area contributed by atoms with Gasteiger partial charge in [0, 0.05) is 10.3 Å². The van der Waals surface area contributed by atoms with Crippen molar-refractivity contribution < 1.29 is 17.9 Å². The van der Waals surface area contributed by atoms with Gasteiger partial charge in [0.2, 0.25) is 0 Å². The second-order valence-corrected chi connectivity index (χ2v) is 6.73. The molecular weight excluding hydrogens is 246 g/mol. The van der Waals surface area contributed by atoms with Crippen LogP contribution >= 0.6 is 0 Å². The molecule has 2 aliphatic rings. The fourth-order valence-corrected chi connectivity index (χ4v) is 4.95. The number of rotatable bonds is 4. The van der Waals surface area contributed by atoms with E-state index in [0.29, 0.717) is 0 Å². The van der Waals surface area contributed by atoms with Gasteiger partial charge in [-0.3, -0.25) is 4.79 Å². The first-order valence-electron chi connectivity index (χ1n) is 5.28. The van der Waals surface area contributed by atoms with Gasteiger partial charge in [-0.2, -0.15) is 0 Å². The van der Waals surface area contributed by atoms with Gasteiger partial charge in [0.1, 0.15) is 6.04 Å². The highest BCUT2D eigenvalue weighted by atomic mass is 32.2. The normalized spacial score (nSPS) is 26.2. The van der Waals surface area contributed by atoms with E-state index in [1.54, 1.807) is 0 Å². The Labute approximate surface area is 98.7 Å². The largest absolute Gasteiger partial charge is 0.469 e. The topological polar surface area (TPSA) is 109 Å². The van der Waals surface area contributed by atoms with E-state index in [4.69, 9.17) is 5.53 Å². The first-order chi connectivity index (χ1) is 7.95. The zero-order valence-electron chi connectivity index (χ0n) is 9.37. The summed E-state index contributed by atoms with van der Waals surface area (Å²) in [7, 11) is -1.89. The smallest absolute Gasteiger partial charge is 0.315 e. The predicted octanol–water partition coefficient (Wildman–Crippen LogP) is 0.663. The zero-order chi connectivity index (χ0) is 12.7. The molecule has 2 fully saturated rings. The van der Waals surface area contributed by atoms with Crippen LogP contribution in [0.5, 0.6) is 0 Å². The number of carbonyl (C=O) groups excluding carboxylic acids is 1. The lowest BCUT2D eigenvalue weighted by molar-refractivity contribution is -0.145. The van der Waals surface area contributed by atoms with Crippen LogP contribution in [0.4, 0.5) is 0 Å². The fourth-order valence-electron chi connectivity index (χ4n) is 2.61. The molecule has 1 aliphatic heterocycles. The van der Waals surface area contributed by atoms with Crippen LogP contribution < -0.4 is 0 Å². The van der Waals surface area contributed by atoms with Gasteiger partial charge in [-0.1, -0.05) is 5.11 Å². The van der Waals surface area contributed by atoms with E-state index in [9.17, 15) is 13.2 Å². The summed E-state index contributed by atoms with van der Waals surface area (Å²) in [5.74, 6) is -0.655. The molecule has 1 aliphatic carbocycles.